The van der Waals surface area contributed by atoms with E-state index in [0.29, 0.717) is 30.5 Å². The van der Waals surface area contributed by atoms with Gasteiger partial charge in [0, 0.05) is 50.5 Å². The number of hydrogen-bond acceptors (Lipinski definition) is 4. The molecule has 1 N–H and O–H groups in total. The van der Waals surface area contributed by atoms with Crippen molar-refractivity contribution in [3.05, 3.63) is 36.0 Å². The number of piperidine rings is 1. The number of likely N-dealkylation sites (tertiary alicyclic amines) is 1. The summed E-state index contributed by atoms with van der Waals surface area (Å²) in [6, 6.07) is 7.37. The van der Waals surface area contributed by atoms with E-state index in [1.165, 1.54) is 0 Å². The van der Waals surface area contributed by atoms with Crippen molar-refractivity contribution in [1.82, 2.24) is 14.8 Å². The van der Waals surface area contributed by atoms with E-state index in [1.807, 2.05) is 29.2 Å². The quantitative estimate of drug-likeness (QED) is 0.428. The summed E-state index contributed by atoms with van der Waals surface area (Å²) in [5, 5.41) is 3.32. The normalized spacial score (nSPS) is 14.2. The Bertz CT molecular complexity index is 852. The Balaban J connectivity index is 1.77. The second-order valence-electron chi connectivity index (χ2n) is 7.06. The van der Waals surface area contributed by atoms with Crippen LogP contribution in [-0.4, -0.2) is 60.4 Å². The minimum absolute atomic E-state index is 0.0449. The fraction of sp³-hybridized carbons (Fsp3) is 0.476. The van der Waals surface area contributed by atoms with Crippen molar-refractivity contribution in [3.8, 4) is 0 Å². The van der Waals surface area contributed by atoms with Crippen molar-refractivity contribution in [2.24, 2.45) is 0 Å². The van der Waals surface area contributed by atoms with Crippen LogP contribution in [0.3, 0.4) is 0 Å². The maximum Gasteiger partial charge on any atom is 0.292 e. The van der Waals surface area contributed by atoms with E-state index in [9.17, 15) is 14.4 Å². The van der Waals surface area contributed by atoms with Crippen LogP contribution in [0.25, 0.3) is 10.9 Å². The average molecular weight is 385 g/mol. The highest BCUT2D eigenvalue weighted by atomic mass is 16.5. The van der Waals surface area contributed by atoms with Gasteiger partial charge in [-0.15, -0.1) is 0 Å². The molecule has 1 aromatic carbocycles. The lowest BCUT2D eigenvalue weighted by Gasteiger charge is -2.27. The average Bonchev–Trinajstić information content (AvgIpc) is 3.09. The number of fused-ring (bicyclic) bond motifs is 1. The largest absolute Gasteiger partial charge is 0.385 e. The van der Waals surface area contributed by atoms with Crippen molar-refractivity contribution in [2.45, 2.75) is 32.2 Å². The zero-order chi connectivity index (χ0) is 19.9. The third-order valence-electron chi connectivity index (χ3n) is 5.06. The lowest BCUT2D eigenvalue weighted by Crippen LogP contribution is -2.37. The predicted molar refractivity (Wildman–Crippen MR) is 106 cm³/mol. The van der Waals surface area contributed by atoms with Crippen molar-refractivity contribution in [2.75, 3.05) is 33.4 Å². The number of rotatable bonds is 8. The lowest BCUT2D eigenvalue weighted by atomic mass is 10.1. The molecule has 150 valence electrons. The van der Waals surface area contributed by atoms with Gasteiger partial charge in [0.15, 0.2) is 0 Å². The Morgan fingerprint density at radius 3 is 2.61 bits per heavy atom. The number of carbonyl (C=O) groups is 3. The van der Waals surface area contributed by atoms with Gasteiger partial charge in [0.25, 0.3) is 11.7 Å². The summed E-state index contributed by atoms with van der Waals surface area (Å²) in [5.41, 5.74) is 1.11. The zero-order valence-corrected chi connectivity index (χ0v) is 16.3. The Labute approximate surface area is 164 Å². The number of benzene rings is 1. The summed E-state index contributed by atoms with van der Waals surface area (Å²) >= 11 is 0. The molecular weight excluding hydrogens is 358 g/mol. The van der Waals surface area contributed by atoms with Gasteiger partial charge in [0.2, 0.25) is 5.91 Å². The minimum atomic E-state index is -0.638. The molecule has 1 aliphatic heterocycles. The molecule has 0 unspecified atom stereocenters. The first-order valence-corrected chi connectivity index (χ1v) is 9.79. The van der Waals surface area contributed by atoms with Gasteiger partial charge in [-0.25, -0.2) is 0 Å². The number of Topliss-reactive ketones (excluding diaryl/α,β-unsaturated/α-hetero) is 1. The van der Waals surface area contributed by atoms with Crippen LogP contribution < -0.4 is 5.32 Å². The molecule has 0 radical (unpaired) electrons. The molecule has 0 aliphatic carbocycles. The number of nitrogens with zero attached hydrogens (tertiary/aromatic N) is 2. The zero-order valence-electron chi connectivity index (χ0n) is 16.3. The van der Waals surface area contributed by atoms with Crippen LogP contribution in [0.1, 0.15) is 36.0 Å². The molecule has 28 heavy (non-hydrogen) atoms. The molecule has 2 aromatic rings. The van der Waals surface area contributed by atoms with Gasteiger partial charge in [-0.2, -0.15) is 0 Å². The molecular formula is C21H27N3O4. The third-order valence-corrected chi connectivity index (χ3v) is 5.06. The molecule has 0 bridgehead atoms. The topological polar surface area (TPSA) is 80.6 Å². The predicted octanol–water partition coefficient (Wildman–Crippen LogP) is 1.99. The van der Waals surface area contributed by atoms with Crippen LogP contribution in [0.15, 0.2) is 30.5 Å². The highest BCUT2D eigenvalue weighted by Gasteiger charge is 2.23. The second kappa shape index (κ2) is 9.50. The molecule has 1 aromatic heterocycles. The van der Waals surface area contributed by atoms with Crippen LogP contribution in [-0.2, 0) is 20.9 Å². The maximum atomic E-state index is 12.7. The van der Waals surface area contributed by atoms with E-state index in [1.54, 1.807) is 17.9 Å². The van der Waals surface area contributed by atoms with Gasteiger partial charge < -0.3 is 19.5 Å². The summed E-state index contributed by atoms with van der Waals surface area (Å²) in [6.07, 6.45) is 5.50. The van der Waals surface area contributed by atoms with E-state index >= 15 is 0 Å². The van der Waals surface area contributed by atoms with Gasteiger partial charge in [-0.05, 0) is 31.7 Å². The molecule has 1 saturated heterocycles. The van der Waals surface area contributed by atoms with Crippen LogP contribution in [0.5, 0.6) is 0 Å². The van der Waals surface area contributed by atoms with Crippen molar-refractivity contribution in [1.29, 1.82) is 0 Å². The van der Waals surface area contributed by atoms with Gasteiger partial charge in [0.05, 0.1) is 5.56 Å². The van der Waals surface area contributed by atoms with Gasteiger partial charge in [-0.3, -0.25) is 14.4 Å². The first-order valence-electron chi connectivity index (χ1n) is 9.79. The van der Waals surface area contributed by atoms with Crippen molar-refractivity contribution >= 4 is 28.5 Å². The fourth-order valence-electron chi connectivity index (χ4n) is 3.57. The van der Waals surface area contributed by atoms with Gasteiger partial charge in [0.1, 0.15) is 6.54 Å². The SMILES string of the molecule is COCCCNC(=O)C(=O)c1cn(CC(=O)N2CCCCC2)c2ccccc12. The number of methoxy groups -OCH3 is 1. The van der Waals surface area contributed by atoms with E-state index in [4.69, 9.17) is 4.74 Å². The number of amides is 2. The lowest BCUT2D eigenvalue weighted by molar-refractivity contribution is -0.132. The third kappa shape index (κ3) is 4.59. The maximum absolute atomic E-state index is 12.7. The summed E-state index contributed by atoms with van der Waals surface area (Å²) in [7, 11) is 1.59. The molecule has 2 amide bonds. The number of carbonyl (C=O) groups excluding carboxylic acids is 3. The molecule has 0 spiro atoms. The van der Waals surface area contributed by atoms with Crippen LogP contribution in [0.4, 0.5) is 0 Å². The number of nitrogens with one attached hydrogen (secondary N) is 1. The highest BCUT2D eigenvalue weighted by Crippen LogP contribution is 2.22. The Kier molecular flexibility index (Phi) is 6.81. The van der Waals surface area contributed by atoms with Gasteiger partial charge in [-0.1, -0.05) is 18.2 Å². The molecule has 7 nitrogen and oxygen atoms in total. The number of para-hydroxylation sites is 1. The van der Waals surface area contributed by atoms with Crippen molar-refractivity contribution < 1.29 is 19.1 Å². The Morgan fingerprint density at radius 1 is 1.11 bits per heavy atom. The summed E-state index contributed by atoms with van der Waals surface area (Å²) in [6.45, 7) is 2.64. The first kappa shape index (κ1) is 20.1. The highest BCUT2D eigenvalue weighted by molar-refractivity contribution is 6.45. The van der Waals surface area contributed by atoms with Crippen LogP contribution in [0, 0.1) is 0 Å². The second-order valence-corrected chi connectivity index (χ2v) is 7.06. The standard InChI is InChI=1S/C21H27N3O4/c1-28-13-7-10-22-21(27)20(26)17-14-24(18-9-4-3-8-16(17)18)15-19(25)23-11-5-2-6-12-23/h3-4,8-9,14H,2,5-7,10-13,15H2,1H3,(H,22,27). The monoisotopic (exact) mass is 385 g/mol. The van der Waals surface area contributed by atoms with Gasteiger partial charge >= 0.3 is 0 Å². The summed E-state index contributed by atoms with van der Waals surface area (Å²) in [5.74, 6) is -1.18. The number of ether oxygens (including phenoxy) is 1. The molecule has 2 heterocycles. The molecule has 0 saturated carbocycles. The molecule has 1 aliphatic rings. The summed E-state index contributed by atoms with van der Waals surface area (Å²) < 4.78 is 6.72. The van der Waals surface area contributed by atoms with E-state index in [0.717, 1.165) is 37.9 Å². The molecule has 0 atom stereocenters. The number of aromatic nitrogens is 1. The van der Waals surface area contributed by atoms with Crippen molar-refractivity contribution in [3.63, 3.8) is 0 Å². The molecule has 1 fully saturated rings. The molecule has 7 heteroatoms. The number of hydrogen-bond donors (Lipinski definition) is 1. The van der Waals surface area contributed by atoms with E-state index in [-0.39, 0.29) is 12.5 Å². The smallest absolute Gasteiger partial charge is 0.292 e. The molecule has 3 rings (SSSR count). The van der Waals surface area contributed by atoms with Crippen LogP contribution >= 0.6 is 0 Å². The summed E-state index contributed by atoms with van der Waals surface area (Å²) in [4.78, 5) is 39.4. The first-order chi connectivity index (χ1) is 13.6. The number of ketones is 1. The Morgan fingerprint density at radius 2 is 1.86 bits per heavy atom. The van der Waals surface area contributed by atoms with Crippen LogP contribution in [0.2, 0.25) is 0 Å². The van der Waals surface area contributed by atoms with E-state index in [2.05, 4.69) is 5.32 Å². The van der Waals surface area contributed by atoms with E-state index < -0.39 is 11.7 Å². The minimum Gasteiger partial charge on any atom is -0.385 e. The fourth-order valence-corrected chi connectivity index (χ4v) is 3.57. The Hall–Kier alpha value is -2.67.